The molecule has 0 aliphatic carbocycles. The van der Waals surface area contributed by atoms with Gasteiger partial charge in [-0.15, -0.1) is 11.3 Å². The highest BCUT2D eigenvalue weighted by Gasteiger charge is 2.23. The first-order chi connectivity index (χ1) is 28.3. The Balaban J connectivity index is 1.11. The topological polar surface area (TPSA) is 56.7 Å². The predicted molar refractivity (Wildman–Crippen MR) is 236 cm³/mol. The molecule has 12 rings (SSSR count). The lowest BCUT2D eigenvalue weighted by atomic mass is 10.0. The molecule has 4 aromatic heterocycles. The first-order valence-corrected chi connectivity index (χ1v) is 19.8. The molecule has 0 saturated carbocycles. The van der Waals surface area contributed by atoms with E-state index in [1.165, 1.54) is 36.5 Å². The number of rotatable bonds is 5. The second-order valence-electron chi connectivity index (χ2n) is 14.3. The Morgan fingerprint density at radius 1 is 0.439 bits per heavy atom. The van der Waals surface area contributed by atoms with E-state index >= 15 is 0 Å². The van der Waals surface area contributed by atoms with Crippen LogP contribution in [0.5, 0.6) is 0 Å². The molecule has 0 fully saturated rings. The van der Waals surface area contributed by atoms with Crippen LogP contribution in [-0.4, -0.2) is 19.5 Å². The Morgan fingerprint density at radius 2 is 1.07 bits per heavy atom. The summed E-state index contributed by atoms with van der Waals surface area (Å²) < 4.78 is 11.9. The largest absolute Gasteiger partial charge is 0.454 e. The minimum Gasteiger partial charge on any atom is -0.454 e. The Hall–Kier alpha value is -7.41. The van der Waals surface area contributed by atoms with E-state index in [0.29, 0.717) is 17.5 Å². The van der Waals surface area contributed by atoms with E-state index in [0.717, 1.165) is 61.0 Å². The lowest BCUT2D eigenvalue weighted by molar-refractivity contribution is 0.666. The van der Waals surface area contributed by atoms with Crippen LogP contribution in [0, 0.1) is 0 Å². The number of benzene rings is 8. The highest BCUT2D eigenvalue weighted by molar-refractivity contribution is 7.26. The number of thiophene rings is 1. The molecule has 0 atom stereocenters. The number of aromatic nitrogens is 4. The molecule has 0 unspecified atom stereocenters. The summed E-state index contributed by atoms with van der Waals surface area (Å²) in [5, 5.41) is 6.95. The smallest absolute Gasteiger partial charge is 0.164 e. The molecule has 266 valence electrons. The van der Waals surface area contributed by atoms with Crippen LogP contribution in [0.15, 0.2) is 186 Å². The lowest BCUT2D eigenvalue weighted by Crippen LogP contribution is -2.00. The van der Waals surface area contributed by atoms with Crippen molar-refractivity contribution in [2.45, 2.75) is 0 Å². The summed E-state index contributed by atoms with van der Waals surface area (Å²) in [4.78, 5) is 15.4. The van der Waals surface area contributed by atoms with Crippen molar-refractivity contribution in [2.24, 2.45) is 0 Å². The number of hydrogen-bond donors (Lipinski definition) is 0. The van der Waals surface area contributed by atoms with E-state index in [2.05, 4.69) is 138 Å². The normalized spacial score (nSPS) is 11.9. The molecule has 0 aliphatic rings. The number of hydrogen-bond acceptors (Lipinski definition) is 5. The third kappa shape index (κ3) is 4.98. The number of para-hydroxylation sites is 2. The van der Waals surface area contributed by atoms with Gasteiger partial charge in [-0.25, -0.2) is 15.0 Å². The summed E-state index contributed by atoms with van der Waals surface area (Å²) in [6.45, 7) is 0. The van der Waals surface area contributed by atoms with Gasteiger partial charge in [0.1, 0.15) is 5.58 Å². The second kappa shape index (κ2) is 12.6. The average Bonchev–Trinajstić information content (AvgIpc) is 3.97. The van der Waals surface area contributed by atoms with E-state index < -0.39 is 0 Å². The van der Waals surface area contributed by atoms with Crippen LogP contribution < -0.4 is 0 Å². The summed E-state index contributed by atoms with van der Waals surface area (Å²) in [5.74, 6) is 1.81. The van der Waals surface area contributed by atoms with Gasteiger partial charge in [0.2, 0.25) is 0 Å². The van der Waals surface area contributed by atoms with Crippen molar-refractivity contribution in [1.82, 2.24) is 19.5 Å². The van der Waals surface area contributed by atoms with Gasteiger partial charge in [0, 0.05) is 53.7 Å². The number of furan rings is 1. The fraction of sp³-hybridized carbons (Fsp3) is 0. The number of fused-ring (bicyclic) bond motifs is 10. The summed E-state index contributed by atoms with van der Waals surface area (Å²) in [6, 6.07) is 63.5. The molecular weight excluding hydrogens is 717 g/mol. The average molecular weight is 747 g/mol. The maximum absolute atomic E-state index is 6.94. The van der Waals surface area contributed by atoms with Crippen molar-refractivity contribution in [3.8, 4) is 51.0 Å². The third-order valence-electron chi connectivity index (χ3n) is 11.1. The van der Waals surface area contributed by atoms with Gasteiger partial charge in [0.25, 0.3) is 0 Å². The van der Waals surface area contributed by atoms with Gasteiger partial charge in [-0.3, -0.25) is 0 Å². The van der Waals surface area contributed by atoms with Gasteiger partial charge < -0.3 is 8.98 Å². The molecule has 0 spiro atoms. The molecule has 0 radical (unpaired) electrons. The monoisotopic (exact) mass is 746 g/mol. The summed E-state index contributed by atoms with van der Waals surface area (Å²) in [7, 11) is 0. The molecule has 5 nitrogen and oxygen atoms in total. The summed E-state index contributed by atoms with van der Waals surface area (Å²) in [6.07, 6.45) is 0. The van der Waals surface area contributed by atoms with Crippen molar-refractivity contribution < 1.29 is 4.42 Å². The molecule has 12 aromatic rings. The molecule has 0 saturated heterocycles. The van der Waals surface area contributed by atoms with Crippen molar-refractivity contribution in [3.63, 3.8) is 0 Å². The zero-order valence-corrected chi connectivity index (χ0v) is 31.2. The van der Waals surface area contributed by atoms with E-state index in [4.69, 9.17) is 19.4 Å². The van der Waals surface area contributed by atoms with E-state index in [-0.39, 0.29) is 0 Å². The van der Waals surface area contributed by atoms with Crippen LogP contribution in [0.1, 0.15) is 0 Å². The van der Waals surface area contributed by atoms with Crippen LogP contribution in [0.25, 0.3) is 115 Å². The zero-order valence-electron chi connectivity index (χ0n) is 30.4. The molecule has 0 bridgehead atoms. The summed E-state index contributed by atoms with van der Waals surface area (Å²) >= 11 is 1.85. The Labute approximate surface area is 330 Å². The van der Waals surface area contributed by atoms with Gasteiger partial charge >= 0.3 is 0 Å². The fourth-order valence-electron chi connectivity index (χ4n) is 8.49. The molecule has 0 amide bonds. The second-order valence-corrected chi connectivity index (χ2v) is 15.4. The van der Waals surface area contributed by atoms with Gasteiger partial charge in [-0.1, -0.05) is 152 Å². The van der Waals surface area contributed by atoms with Crippen LogP contribution in [0.2, 0.25) is 0 Å². The van der Waals surface area contributed by atoms with Gasteiger partial charge in [0.15, 0.2) is 23.1 Å². The van der Waals surface area contributed by atoms with Crippen molar-refractivity contribution >= 4 is 75.3 Å². The summed E-state index contributed by atoms with van der Waals surface area (Å²) in [5.41, 5.74) is 9.87. The SMILES string of the molecule is c1ccc(-c2cccc(-c3nc(-c4ccccc4)nc(-c4cccc5oc6c(-n7c8ccccc8c8ccc9c%10ccccc%10sc9c87)cccc6c45)n3)c2)cc1. The standard InChI is InChI=1S/C51H30N4OS/c1-3-14-31(15-4-1)33-18-11-19-34(30-33)50-52-49(32-16-5-2-6-17-32)53-51(54-50)40-23-13-26-43-45(40)39-22-12-25-42(47(39)56-43)55-41-24-9-7-20-35(41)37-28-29-38-36-21-8-10-27-44(36)57-48(38)46(37)55/h1-30H. The highest BCUT2D eigenvalue weighted by atomic mass is 32.1. The van der Waals surface area contributed by atoms with E-state index in [1.807, 2.05) is 59.9 Å². The maximum Gasteiger partial charge on any atom is 0.164 e. The van der Waals surface area contributed by atoms with Crippen LogP contribution in [0.3, 0.4) is 0 Å². The molecular formula is C51H30N4OS. The Kier molecular flexibility index (Phi) is 7.03. The minimum atomic E-state index is 0.589. The lowest BCUT2D eigenvalue weighted by Gasteiger charge is -2.10. The quantitative estimate of drug-likeness (QED) is 0.176. The van der Waals surface area contributed by atoms with Crippen LogP contribution >= 0.6 is 11.3 Å². The maximum atomic E-state index is 6.94. The molecule has 4 heterocycles. The minimum absolute atomic E-state index is 0.589. The van der Waals surface area contributed by atoms with Gasteiger partial charge in [-0.2, -0.15) is 0 Å². The fourth-order valence-corrected chi connectivity index (χ4v) is 9.73. The number of nitrogens with zero attached hydrogens (tertiary/aromatic N) is 4. The molecule has 8 aromatic carbocycles. The molecule has 0 N–H and O–H groups in total. The van der Waals surface area contributed by atoms with E-state index in [9.17, 15) is 0 Å². The van der Waals surface area contributed by atoms with Crippen LogP contribution in [0.4, 0.5) is 0 Å². The highest BCUT2D eigenvalue weighted by Crippen LogP contribution is 2.45. The van der Waals surface area contributed by atoms with Crippen molar-refractivity contribution in [1.29, 1.82) is 0 Å². The van der Waals surface area contributed by atoms with E-state index in [1.54, 1.807) is 0 Å². The molecule has 57 heavy (non-hydrogen) atoms. The predicted octanol–water partition coefficient (Wildman–Crippen LogP) is 13.9. The Bertz CT molecular complexity index is 3530. The van der Waals surface area contributed by atoms with Crippen molar-refractivity contribution in [3.05, 3.63) is 182 Å². The van der Waals surface area contributed by atoms with Crippen molar-refractivity contribution in [2.75, 3.05) is 0 Å². The third-order valence-corrected chi connectivity index (χ3v) is 12.3. The van der Waals surface area contributed by atoms with Gasteiger partial charge in [0.05, 0.1) is 21.4 Å². The first-order valence-electron chi connectivity index (χ1n) is 19.0. The first kappa shape index (κ1) is 31.9. The Morgan fingerprint density at radius 3 is 1.93 bits per heavy atom. The molecule has 0 aliphatic heterocycles. The molecule has 6 heteroatoms. The van der Waals surface area contributed by atoms with Gasteiger partial charge in [-0.05, 0) is 41.5 Å². The zero-order chi connectivity index (χ0) is 37.5. The van der Waals surface area contributed by atoms with Crippen LogP contribution in [-0.2, 0) is 0 Å².